The van der Waals surface area contributed by atoms with E-state index in [2.05, 4.69) is 26.5 Å². The Labute approximate surface area is 191 Å². The quantitative estimate of drug-likeness (QED) is 0.549. The molecule has 2 aromatic rings. The van der Waals surface area contributed by atoms with E-state index >= 15 is 0 Å². The molecule has 1 aromatic heterocycles. The maximum Gasteiger partial charge on any atom is 0.263 e. The van der Waals surface area contributed by atoms with Crippen LogP contribution in [0.25, 0.3) is 0 Å². The highest BCUT2D eigenvalue weighted by atomic mass is 32.2. The molecule has 1 aromatic carbocycles. The number of hydrogen-bond donors (Lipinski definition) is 1. The van der Waals surface area contributed by atoms with E-state index in [9.17, 15) is 17.6 Å². The van der Waals surface area contributed by atoms with E-state index in [4.69, 9.17) is 0 Å². The molecule has 170 valence electrons. The number of nitrogens with zero attached hydrogens (tertiary/aromatic N) is 4. The second kappa shape index (κ2) is 7.64. The van der Waals surface area contributed by atoms with Crippen LogP contribution in [0, 0.1) is 17.8 Å². The monoisotopic (exact) mass is 467 g/mol. The number of halogens is 1. The molecule has 0 spiro atoms. The molecule has 3 aliphatic rings. The fourth-order valence-corrected chi connectivity index (χ4v) is 5.41. The molecule has 33 heavy (non-hydrogen) atoms. The summed E-state index contributed by atoms with van der Waals surface area (Å²) in [6, 6.07) is 7.36. The average molecular weight is 468 g/mol. The van der Waals surface area contributed by atoms with Crippen molar-refractivity contribution < 1.29 is 17.6 Å². The number of carbonyl (C=O) groups is 1. The van der Waals surface area contributed by atoms with Gasteiger partial charge < -0.3 is 4.90 Å². The number of pyridine rings is 1. The van der Waals surface area contributed by atoms with Crippen LogP contribution >= 0.6 is 0 Å². The van der Waals surface area contributed by atoms with Crippen LogP contribution in [0.3, 0.4) is 0 Å². The maximum absolute atomic E-state index is 13.4. The van der Waals surface area contributed by atoms with Crippen LogP contribution in [-0.2, 0) is 10.0 Å². The lowest BCUT2D eigenvalue weighted by atomic mass is 10.1. The molecule has 8 nitrogen and oxygen atoms in total. The van der Waals surface area contributed by atoms with Crippen molar-refractivity contribution in [2.75, 3.05) is 18.0 Å². The number of sulfonamides is 1. The van der Waals surface area contributed by atoms with Gasteiger partial charge in [0.05, 0.1) is 35.3 Å². The lowest BCUT2D eigenvalue weighted by Crippen LogP contribution is -2.52. The van der Waals surface area contributed by atoms with Crippen molar-refractivity contribution >= 4 is 27.6 Å². The molecule has 10 heteroatoms. The minimum atomic E-state index is -3.76. The minimum absolute atomic E-state index is 0.00886. The molecule has 1 saturated carbocycles. The summed E-state index contributed by atoms with van der Waals surface area (Å²) in [5.41, 5.74) is 1.02. The number of amides is 1. The Morgan fingerprint density at radius 2 is 2.06 bits per heavy atom. The first-order chi connectivity index (χ1) is 15.7. The Morgan fingerprint density at radius 3 is 2.76 bits per heavy atom. The van der Waals surface area contributed by atoms with E-state index in [1.54, 1.807) is 6.07 Å². The maximum atomic E-state index is 13.4. The predicted molar refractivity (Wildman–Crippen MR) is 121 cm³/mol. The molecule has 0 radical (unpaired) electrons. The van der Waals surface area contributed by atoms with Crippen molar-refractivity contribution in [3.8, 4) is 11.8 Å². The molecule has 1 fully saturated rings. The smallest absolute Gasteiger partial charge is 0.263 e. The second-order valence-electron chi connectivity index (χ2n) is 8.77. The number of carbonyl (C=O) groups excluding carboxylic acids is 1. The van der Waals surface area contributed by atoms with E-state index < -0.39 is 21.5 Å². The van der Waals surface area contributed by atoms with Crippen LogP contribution in [0.4, 0.5) is 10.1 Å². The predicted octanol–water partition coefficient (Wildman–Crippen LogP) is 2.12. The summed E-state index contributed by atoms with van der Waals surface area (Å²) < 4.78 is 41.5. The van der Waals surface area contributed by atoms with Crippen molar-refractivity contribution in [2.45, 2.75) is 43.2 Å². The van der Waals surface area contributed by atoms with Gasteiger partial charge in [-0.25, -0.2) is 18.1 Å². The number of fused-ring (bicyclic) bond motifs is 3. The summed E-state index contributed by atoms with van der Waals surface area (Å²) in [5, 5.41) is 0. The molecule has 0 unspecified atom stereocenters. The zero-order valence-electron chi connectivity index (χ0n) is 18.2. The number of nitrogens with one attached hydrogen (secondary N) is 1. The van der Waals surface area contributed by atoms with Crippen LogP contribution in [0.15, 0.2) is 46.4 Å². The van der Waals surface area contributed by atoms with Gasteiger partial charge >= 0.3 is 0 Å². The van der Waals surface area contributed by atoms with Crippen LogP contribution < -0.4 is 9.62 Å². The molecule has 3 heterocycles. The van der Waals surface area contributed by atoms with Gasteiger partial charge in [-0.2, -0.15) is 4.39 Å². The first kappa shape index (κ1) is 21.6. The summed E-state index contributed by atoms with van der Waals surface area (Å²) in [6.07, 6.45) is 2.90. The third-order valence-corrected chi connectivity index (χ3v) is 7.62. The van der Waals surface area contributed by atoms with Crippen LogP contribution in [0.2, 0.25) is 0 Å². The number of aliphatic imine (C=N–C) groups is 1. The van der Waals surface area contributed by atoms with Gasteiger partial charge in [-0.1, -0.05) is 11.8 Å². The van der Waals surface area contributed by atoms with Gasteiger partial charge in [-0.05, 0) is 57.0 Å². The molecule has 2 aliphatic heterocycles. The van der Waals surface area contributed by atoms with Crippen LogP contribution in [0.1, 0.15) is 42.6 Å². The van der Waals surface area contributed by atoms with Gasteiger partial charge in [-0.15, -0.1) is 0 Å². The highest BCUT2D eigenvalue weighted by Gasteiger charge is 2.43. The Bertz CT molecular complexity index is 1340. The normalized spacial score (nSPS) is 20.5. The van der Waals surface area contributed by atoms with Gasteiger partial charge in [0.2, 0.25) is 21.9 Å². The van der Waals surface area contributed by atoms with Gasteiger partial charge in [0.15, 0.2) is 0 Å². The number of guanidine groups is 1. The number of rotatable bonds is 4. The third kappa shape index (κ3) is 3.98. The highest BCUT2D eigenvalue weighted by molar-refractivity contribution is 7.89. The van der Waals surface area contributed by atoms with E-state index in [0.29, 0.717) is 23.8 Å². The molecule has 1 aliphatic carbocycles. The average Bonchev–Trinajstić information content (AvgIpc) is 3.36. The van der Waals surface area contributed by atoms with E-state index in [1.807, 2.05) is 18.7 Å². The van der Waals surface area contributed by atoms with Crippen molar-refractivity contribution in [3.05, 3.63) is 53.6 Å². The fraction of sp³-hybridized carbons (Fsp3) is 0.348. The summed E-state index contributed by atoms with van der Waals surface area (Å²) in [5.74, 6) is 5.32. The number of aromatic nitrogens is 1. The standard InChI is InChI=1S/C23H22FN5O3S/c1-15-13-26-22-28(11-3-4-16-5-8-20(24)25-14-16)21(30)18-12-17(6-7-19(18)29(15)22)33(31,32)27-23(2)9-10-23/h5-8,12,14-15,27H,9-11,13H2,1-2H3/t15-/m1/s1. The molecule has 1 N–H and O–H groups in total. The number of anilines is 1. The fourth-order valence-electron chi connectivity index (χ4n) is 3.91. The summed E-state index contributed by atoms with van der Waals surface area (Å²) >= 11 is 0. The molecule has 1 amide bonds. The summed E-state index contributed by atoms with van der Waals surface area (Å²) in [7, 11) is -3.76. The van der Waals surface area contributed by atoms with E-state index in [-0.39, 0.29) is 29.0 Å². The number of hydrogen-bond acceptors (Lipinski definition) is 6. The van der Waals surface area contributed by atoms with Crippen molar-refractivity contribution in [1.82, 2.24) is 14.6 Å². The molecule has 1 atom stereocenters. The van der Waals surface area contributed by atoms with Crippen LogP contribution in [0.5, 0.6) is 0 Å². The largest absolute Gasteiger partial charge is 0.307 e. The number of benzene rings is 1. The lowest BCUT2D eigenvalue weighted by molar-refractivity contribution is 0.0853. The second-order valence-corrected chi connectivity index (χ2v) is 10.4. The van der Waals surface area contributed by atoms with E-state index in [1.165, 1.54) is 35.4 Å². The van der Waals surface area contributed by atoms with Gasteiger partial charge in [-0.3, -0.25) is 14.7 Å². The molecule has 0 saturated heterocycles. The molecule has 5 rings (SSSR count). The van der Waals surface area contributed by atoms with Crippen molar-refractivity contribution in [1.29, 1.82) is 0 Å². The topological polar surface area (TPSA) is 95.0 Å². The first-order valence-electron chi connectivity index (χ1n) is 10.6. The summed E-state index contributed by atoms with van der Waals surface area (Å²) in [6.45, 7) is 4.41. The minimum Gasteiger partial charge on any atom is -0.307 e. The lowest BCUT2D eigenvalue weighted by Gasteiger charge is -2.37. The van der Waals surface area contributed by atoms with Gasteiger partial charge in [0.1, 0.15) is 0 Å². The van der Waals surface area contributed by atoms with Crippen molar-refractivity contribution in [2.24, 2.45) is 4.99 Å². The molecule has 0 bridgehead atoms. The third-order valence-electron chi connectivity index (χ3n) is 5.99. The first-order valence-corrected chi connectivity index (χ1v) is 12.1. The zero-order valence-corrected chi connectivity index (χ0v) is 19.0. The van der Waals surface area contributed by atoms with Crippen LogP contribution in [-0.4, -0.2) is 54.8 Å². The Hall–Kier alpha value is -3.29. The Morgan fingerprint density at radius 1 is 1.27 bits per heavy atom. The van der Waals surface area contributed by atoms with Gasteiger partial charge in [0.25, 0.3) is 5.91 Å². The molecular formula is C23H22FN5O3S. The SMILES string of the molecule is C[C@@H]1CN=C2N(CC#Cc3ccc(F)nc3)C(=O)c3cc(S(=O)(=O)NC4(C)CC4)ccc3N21. The highest BCUT2D eigenvalue weighted by Crippen LogP contribution is 2.38. The molecular weight excluding hydrogens is 445 g/mol. The van der Waals surface area contributed by atoms with E-state index in [0.717, 1.165) is 12.8 Å². The van der Waals surface area contributed by atoms with Crippen molar-refractivity contribution in [3.63, 3.8) is 0 Å². The Balaban J connectivity index is 1.48. The Kier molecular flexibility index (Phi) is 4.99. The zero-order chi connectivity index (χ0) is 23.4. The summed E-state index contributed by atoms with van der Waals surface area (Å²) in [4.78, 5) is 24.9. The van der Waals surface area contributed by atoms with Gasteiger partial charge in [0, 0.05) is 17.3 Å².